The molecule has 0 amide bonds. The van der Waals surface area contributed by atoms with Crippen LogP contribution in [0.15, 0.2) is 24.7 Å². The summed E-state index contributed by atoms with van der Waals surface area (Å²) in [5.41, 5.74) is 0. The SMILES string of the molecule is COC=CCCCCC=COC. The first kappa shape index (κ1) is 11.1. The summed E-state index contributed by atoms with van der Waals surface area (Å²) in [7, 11) is 3.33. The third-order valence-electron chi connectivity index (χ3n) is 1.46. The molecule has 0 atom stereocenters. The van der Waals surface area contributed by atoms with Crippen molar-refractivity contribution in [1.29, 1.82) is 0 Å². The lowest BCUT2D eigenvalue weighted by Crippen LogP contribution is -1.74. The highest BCUT2D eigenvalue weighted by Crippen LogP contribution is 2.01. The predicted octanol–water partition coefficient (Wildman–Crippen LogP) is 2.87. The lowest BCUT2D eigenvalue weighted by molar-refractivity contribution is 0.335. The number of hydrogen-bond donors (Lipinski definition) is 0. The van der Waals surface area contributed by atoms with Crippen LogP contribution in [0.1, 0.15) is 25.7 Å². The van der Waals surface area contributed by atoms with Gasteiger partial charge in [0.2, 0.25) is 0 Å². The van der Waals surface area contributed by atoms with E-state index in [0.29, 0.717) is 0 Å². The zero-order valence-corrected chi connectivity index (χ0v) is 7.95. The Balaban J connectivity index is 3.00. The lowest BCUT2D eigenvalue weighted by atomic mass is 10.2. The summed E-state index contributed by atoms with van der Waals surface area (Å²) in [5.74, 6) is 0. The van der Waals surface area contributed by atoms with E-state index in [1.54, 1.807) is 26.7 Å². The molecule has 0 radical (unpaired) electrons. The van der Waals surface area contributed by atoms with E-state index in [9.17, 15) is 0 Å². The summed E-state index contributed by atoms with van der Waals surface area (Å²) in [5, 5.41) is 0. The van der Waals surface area contributed by atoms with Gasteiger partial charge >= 0.3 is 0 Å². The van der Waals surface area contributed by atoms with E-state index in [2.05, 4.69) is 0 Å². The molecule has 12 heavy (non-hydrogen) atoms. The van der Waals surface area contributed by atoms with Crippen molar-refractivity contribution in [3.05, 3.63) is 24.7 Å². The highest BCUT2D eigenvalue weighted by Gasteiger charge is 1.82. The molecular formula is C10H18O2. The van der Waals surface area contributed by atoms with Crippen LogP contribution in [-0.2, 0) is 9.47 Å². The van der Waals surface area contributed by atoms with Gasteiger partial charge in [0.05, 0.1) is 26.7 Å². The van der Waals surface area contributed by atoms with Gasteiger partial charge in [-0.15, -0.1) is 0 Å². The van der Waals surface area contributed by atoms with Crippen molar-refractivity contribution >= 4 is 0 Å². The number of ether oxygens (including phenoxy) is 2. The molecule has 2 nitrogen and oxygen atoms in total. The van der Waals surface area contributed by atoms with Crippen molar-refractivity contribution < 1.29 is 9.47 Å². The van der Waals surface area contributed by atoms with Gasteiger partial charge in [0.1, 0.15) is 0 Å². The Morgan fingerprint density at radius 2 is 1.25 bits per heavy atom. The van der Waals surface area contributed by atoms with Crippen LogP contribution in [0.25, 0.3) is 0 Å². The van der Waals surface area contributed by atoms with E-state index in [1.165, 1.54) is 12.8 Å². The first-order chi connectivity index (χ1) is 5.91. The average molecular weight is 170 g/mol. The predicted molar refractivity (Wildman–Crippen MR) is 50.8 cm³/mol. The third kappa shape index (κ3) is 9.08. The second-order valence-electron chi connectivity index (χ2n) is 2.50. The molecule has 0 saturated carbocycles. The van der Waals surface area contributed by atoms with Gasteiger partial charge in [0.15, 0.2) is 0 Å². The second kappa shape index (κ2) is 10.1. The lowest BCUT2D eigenvalue weighted by Gasteiger charge is -1.92. The Bertz CT molecular complexity index is 112. The Morgan fingerprint density at radius 1 is 0.833 bits per heavy atom. The normalized spacial score (nSPS) is 11.2. The average Bonchev–Trinajstić information content (AvgIpc) is 2.10. The van der Waals surface area contributed by atoms with Crippen molar-refractivity contribution in [3.63, 3.8) is 0 Å². The van der Waals surface area contributed by atoms with E-state index < -0.39 is 0 Å². The summed E-state index contributed by atoms with van der Waals surface area (Å²) < 4.78 is 9.54. The second-order valence-corrected chi connectivity index (χ2v) is 2.50. The Kier molecular flexibility index (Phi) is 9.31. The van der Waals surface area contributed by atoms with Gasteiger partial charge in [-0.3, -0.25) is 0 Å². The first-order valence-corrected chi connectivity index (χ1v) is 4.27. The molecular weight excluding hydrogens is 152 g/mol. The van der Waals surface area contributed by atoms with Gasteiger partial charge in [-0.25, -0.2) is 0 Å². The van der Waals surface area contributed by atoms with E-state index >= 15 is 0 Å². The number of unbranched alkanes of at least 4 members (excludes halogenated alkanes) is 3. The van der Waals surface area contributed by atoms with Crippen molar-refractivity contribution in [2.45, 2.75) is 25.7 Å². The molecule has 0 aliphatic carbocycles. The summed E-state index contributed by atoms with van der Waals surface area (Å²) in [6, 6.07) is 0. The van der Waals surface area contributed by atoms with Gasteiger partial charge in [-0.1, -0.05) is 0 Å². The molecule has 0 aromatic heterocycles. The molecule has 0 aliphatic rings. The maximum atomic E-state index is 4.77. The van der Waals surface area contributed by atoms with Gasteiger partial charge in [0, 0.05) is 0 Å². The summed E-state index contributed by atoms with van der Waals surface area (Å²) in [6.07, 6.45) is 12.1. The van der Waals surface area contributed by atoms with Crippen LogP contribution in [-0.4, -0.2) is 14.2 Å². The van der Waals surface area contributed by atoms with Crippen LogP contribution in [0.5, 0.6) is 0 Å². The van der Waals surface area contributed by atoms with Crippen molar-refractivity contribution in [2.75, 3.05) is 14.2 Å². The fourth-order valence-corrected chi connectivity index (χ4v) is 0.853. The molecule has 0 fully saturated rings. The standard InChI is InChI=1S/C10H18O2/c1-11-9-7-5-3-4-6-8-10-12-2/h7-10H,3-6H2,1-2H3. The number of allylic oxidation sites excluding steroid dienone is 2. The van der Waals surface area contributed by atoms with Crippen LogP contribution < -0.4 is 0 Å². The Hall–Kier alpha value is -0.920. The maximum Gasteiger partial charge on any atom is 0.0784 e. The molecule has 0 heterocycles. The van der Waals surface area contributed by atoms with Gasteiger partial charge in [-0.05, 0) is 37.8 Å². The quantitative estimate of drug-likeness (QED) is 0.432. The molecule has 70 valence electrons. The van der Waals surface area contributed by atoms with Crippen molar-refractivity contribution in [2.24, 2.45) is 0 Å². The smallest absolute Gasteiger partial charge is 0.0784 e. The topological polar surface area (TPSA) is 18.5 Å². The van der Waals surface area contributed by atoms with E-state index in [4.69, 9.17) is 9.47 Å². The Morgan fingerprint density at radius 3 is 1.58 bits per heavy atom. The highest BCUT2D eigenvalue weighted by molar-refractivity contribution is 4.76. The van der Waals surface area contributed by atoms with Crippen molar-refractivity contribution in [1.82, 2.24) is 0 Å². The maximum absolute atomic E-state index is 4.77. The van der Waals surface area contributed by atoms with Crippen LogP contribution >= 0.6 is 0 Å². The van der Waals surface area contributed by atoms with E-state index in [1.807, 2.05) is 12.2 Å². The number of hydrogen-bond acceptors (Lipinski definition) is 2. The fraction of sp³-hybridized carbons (Fsp3) is 0.600. The molecule has 0 aromatic carbocycles. The largest absolute Gasteiger partial charge is 0.505 e. The first-order valence-electron chi connectivity index (χ1n) is 4.27. The van der Waals surface area contributed by atoms with Crippen LogP contribution in [0.2, 0.25) is 0 Å². The zero-order chi connectivity index (χ0) is 9.07. The van der Waals surface area contributed by atoms with E-state index in [0.717, 1.165) is 12.8 Å². The van der Waals surface area contributed by atoms with Crippen LogP contribution in [0, 0.1) is 0 Å². The molecule has 0 unspecified atom stereocenters. The van der Waals surface area contributed by atoms with Gasteiger partial charge in [0.25, 0.3) is 0 Å². The molecule has 2 heteroatoms. The van der Waals surface area contributed by atoms with Gasteiger partial charge in [-0.2, -0.15) is 0 Å². The zero-order valence-electron chi connectivity index (χ0n) is 7.95. The minimum atomic E-state index is 1.09. The summed E-state index contributed by atoms with van der Waals surface area (Å²) in [4.78, 5) is 0. The summed E-state index contributed by atoms with van der Waals surface area (Å²) >= 11 is 0. The van der Waals surface area contributed by atoms with Crippen LogP contribution in [0.4, 0.5) is 0 Å². The molecule has 0 spiro atoms. The Labute approximate surface area is 74.9 Å². The highest BCUT2D eigenvalue weighted by atomic mass is 16.5. The molecule has 0 rings (SSSR count). The third-order valence-corrected chi connectivity index (χ3v) is 1.46. The molecule has 0 saturated heterocycles. The molecule has 0 bridgehead atoms. The minimum absolute atomic E-state index is 1.09. The van der Waals surface area contributed by atoms with E-state index in [-0.39, 0.29) is 0 Å². The monoisotopic (exact) mass is 170 g/mol. The molecule has 0 N–H and O–H groups in total. The fourth-order valence-electron chi connectivity index (χ4n) is 0.853. The number of rotatable bonds is 7. The van der Waals surface area contributed by atoms with Crippen LogP contribution in [0.3, 0.4) is 0 Å². The van der Waals surface area contributed by atoms with Crippen molar-refractivity contribution in [3.8, 4) is 0 Å². The number of methoxy groups -OCH3 is 2. The molecule has 0 aliphatic heterocycles. The molecule has 0 aromatic rings. The summed E-state index contributed by atoms with van der Waals surface area (Å²) in [6.45, 7) is 0. The van der Waals surface area contributed by atoms with Gasteiger partial charge < -0.3 is 9.47 Å². The minimum Gasteiger partial charge on any atom is -0.505 e.